The average molecular weight is 751 g/mol. The van der Waals surface area contributed by atoms with Crippen molar-refractivity contribution in [2.75, 3.05) is 82.3 Å². The number of likely N-dealkylation sites (N-methyl/N-ethyl adjacent to an activating group) is 1. The van der Waals surface area contributed by atoms with Gasteiger partial charge in [0.1, 0.15) is 18.7 Å². The Labute approximate surface area is 298 Å². The second-order valence-corrected chi connectivity index (χ2v) is 17.6. The highest BCUT2D eigenvalue weighted by Crippen LogP contribution is 2.43. The number of ether oxygens (including phenoxy) is 1. The molecule has 262 valence electrons. The Morgan fingerprint density at radius 3 is 2.37 bits per heavy atom. The van der Waals surface area contributed by atoms with Crippen molar-refractivity contribution in [3.63, 3.8) is 0 Å². The normalized spacial score (nSPS) is 16.6. The minimum atomic E-state index is -2.69. The maximum atomic E-state index is 13.7. The number of piperazine rings is 1. The van der Waals surface area contributed by atoms with Gasteiger partial charge in [0.05, 0.1) is 29.2 Å². The SMILES string of the molecule is CCc1cc(Nc2ncc(Br)c(Nc3ccc(-c4cnn(C)c4)c(C)c3P(C)(C)=O)n2)c(OC)cc1N1CCC(N2CCN(C)CC2)CC1. The monoisotopic (exact) mass is 749 g/mol. The van der Waals surface area contributed by atoms with Gasteiger partial charge < -0.3 is 29.7 Å². The summed E-state index contributed by atoms with van der Waals surface area (Å²) < 4.78 is 22.0. The van der Waals surface area contributed by atoms with Gasteiger partial charge in [-0.15, -0.1) is 0 Å². The number of methoxy groups -OCH3 is 1. The van der Waals surface area contributed by atoms with E-state index < -0.39 is 7.14 Å². The van der Waals surface area contributed by atoms with Crippen molar-refractivity contribution >= 4 is 57.2 Å². The molecule has 2 aliphatic heterocycles. The average Bonchev–Trinajstić information content (AvgIpc) is 3.51. The highest BCUT2D eigenvalue weighted by molar-refractivity contribution is 9.10. The summed E-state index contributed by atoms with van der Waals surface area (Å²) in [5, 5.41) is 12.0. The molecule has 2 N–H and O–H groups in total. The van der Waals surface area contributed by atoms with Gasteiger partial charge in [-0.2, -0.15) is 10.1 Å². The molecule has 0 spiro atoms. The minimum absolute atomic E-state index is 0.424. The Bertz CT molecular complexity index is 1840. The van der Waals surface area contributed by atoms with Crippen LogP contribution < -0.4 is 25.6 Å². The largest absolute Gasteiger partial charge is 0.494 e. The van der Waals surface area contributed by atoms with Gasteiger partial charge in [-0.3, -0.25) is 9.58 Å². The van der Waals surface area contributed by atoms with Crippen molar-refractivity contribution < 1.29 is 9.30 Å². The van der Waals surface area contributed by atoms with E-state index in [1.165, 1.54) is 37.2 Å². The van der Waals surface area contributed by atoms with E-state index in [9.17, 15) is 4.57 Å². The summed E-state index contributed by atoms with van der Waals surface area (Å²) in [6, 6.07) is 9.00. The van der Waals surface area contributed by atoms with Crippen LogP contribution in [0.15, 0.2) is 47.3 Å². The summed E-state index contributed by atoms with van der Waals surface area (Å²) in [6.07, 6.45) is 8.77. The van der Waals surface area contributed by atoms with Crippen molar-refractivity contribution in [2.24, 2.45) is 7.05 Å². The van der Waals surface area contributed by atoms with Crippen molar-refractivity contribution in [2.45, 2.75) is 39.2 Å². The van der Waals surface area contributed by atoms with E-state index in [1.807, 2.05) is 38.5 Å². The van der Waals surface area contributed by atoms with E-state index in [2.05, 4.69) is 77.5 Å². The summed E-state index contributed by atoms with van der Waals surface area (Å²) in [7, 11) is 3.13. The van der Waals surface area contributed by atoms with Crippen LogP contribution in [0.3, 0.4) is 0 Å². The van der Waals surface area contributed by atoms with E-state index in [0.717, 1.165) is 71.7 Å². The molecule has 0 aliphatic carbocycles. The molecule has 0 saturated carbocycles. The molecule has 2 aromatic carbocycles. The topological polar surface area (TPSA) is 104 Å². The number of nitrogens with zero attached hydrogens (tertiary/aromatic N) is 7. The number of hydrogen-bond acceptors (Lipinski definition) is 10. The Morgan fingerprint density at radius 2 is 1.73 bits per heavy atom. The lowest BCUT2D eigenvalue weighted by molar-refractivity contribution is 0.0982. The van der Waals surface area contributed by atoms with Gasteiger partial charge in [0.25, 0.3) is 0 Å². The molecule has 4 heterocycles. The fourth-order valence-corrected chi connectivity index (χ4v) is 9.18. The van der Waals surface area contributed by atoms with Crippen LogP contribution in [-0.2, 0) is 18.0 Å². The molecule has 49 heavy (non-hydrogen) atoms. The summed E-state index contributed by atoms with van der Waals surface area (Å²) in [4.78, 5) is 17.1. The van der Waals surface area contributed by atoms with Crippen LogP contribution in [0, 0.1) is 6.92 Å². The number of benzene rings is 2. The molecule has 0 atom stereocenters. The summed E-state index contributed by atoms with van der Waals surface area (Å²) >= 11 is 3.63. The van der Waals surface area contributed by atoms with E-state index in [-0.39, 0.29) is 0 Å². The van der Waals surface area contributed by atoms with E-state index >= 15 is 0 Å². The zero-order valence-corrected chi connectivity index (χ0v) is 32.2. The first-order valence-corrected chi connectivity index (χ1v) is 20.5. The zero-order valence-electron chi connectivity index (χ0n) is 29.8. The van der Waals surface area contributed by atoms with Gasteiger partial charge >= 0.3 is 0 Å². The van der Waals surface area contributed by atoms with E-state index in [4.69, 9.17) is 9.72 Å². The molecular formula is C36H49BrN9O2P. The molecular weight excluding hydrogens is 701 g/mol. The van der Waals surface area contributed by atoms with Crippen molar-refractivity contribution in [1.29, 1.82) is 0 Å². The van der Waals surface area contributed by atoms with E-state index in [0.29, 0.717) is 22.3 Å². The zero-order chi connectivity index (χ0) is 34.9. The number of anilines is 5. The molecule has 0 bridgehead atoms. The summed E-state index contributed by atoms with van der Waals surface area (Å²) in [5.41, 5.74) is 6.99. The third kappa shape index (κ3) is 7.83. The first-order chi connectivity index (χ1) is 23.4. The highest BCUT2D eigenvalue weighted by atomic mass is 79.9. The standard InChI is InChI=1S/C36H49BrN9O2P/c1-8-25-19-31(33(48-5)20-32(25)46-13-11-27(12-14-46)45-17-15-43(3)16-18-45)41-36-38-22-29(37)35(42-36)40-30-10-9-28(26-21-39-44(4)23-26)24(2)34(30)49(6,7)47/h9-10,19-23,27H,8,11-18H2,1-7H3,(H2,38,40,41,42). The smallest absolute Gasteiger partial charge is 0.229 e. The lowest BCUT2D eigenvalue weighted by Crippen LogP contribution is -2.52. The predicted molar refractivity (Wildman–Crippen MR) is 205 cm³/mol. The first-order valence-electron chi connectivity index (χ1n) is 17.1. The molecule has 2 aromatic heterocycles. The lowest BCUT2D eigenvalue weighted by atomic mass is 9.99. The molecule has 13 heteroatoms. The van der Waals surface area contributed by atoms with Crippen LogP contribution in [0.1, 0.15) is 30.9 Å². The van der Waals surface area contributed by atoms with Gasteiger partial charge in [-0.05, 0) is 91.3 Å². The molecule has 2 aliphatic rings. The Morgan fingerprint density at radius 1 is 1.00 bits per heavy atom. The van der Waals surface area contributed by atoms with Gasteiger partial charge in [0.2, 0.25) is 5.95 Å². The second-order valence-electron chi connectivity index (χ2n) is 13.6. The number of aromatic nitrogens is 4. The molecule has 0 amide bonds. The van der Waals surface area contributed by atoms with Crippen LogP contribution in [0.5, 0.6) is 5.75 Å². The van der Waals surface area contributed by atoms with Gasteiger partial charge in [0.15, 0.2) is 0 Å². The maximum Gasteiger partial charge on any atom is 0.229 e. The Kier molecular flexibility index (Phi) is 10.7. The number of hydrogen-bond donors (Lipinski definition) is 2. The van der Waals surface area contributed by atoms with E-state index in [1.54, 1.807) is 31.3 Å². The quantitative estimate of drug-likeness (QED) is 0.176. The fraction of sp³-hybridized carbons (Fsp3) is 0.472. The molecule has 4 aromatic rings. The maximum absolute atomic E-state index is 13.7. The number of nitrogens with one attached hydrogen (secondary N) is 2. The number of aryl methyl sites for hydroxylation is 2. The Balaban J connectivity index is 1.23. The van der Waals surface area contributed by atoms with Crippen LogP contribution >= 0.6 is 23.1 Å². The van der Waals surface area contributed by atoms with Crippen LogP contribution in [0.25, 0.3) is 11.1 Å². The minimum Gasteiger partial charge on any atom is -0.494 e. The van der Waals surface area contributed by atoms with Crippen LogP contribution in [-0.4, -0.2) is 102 Å². The Hall–Kier alpha value is -3.44. The van der Waals surface area contributed by atoms with Crippen LogP contribution in [0.2, 0.25) is 0 Å². The predicted octanol–water partition coefficient (Wildman–Crippen LogP) is 6.47. The van der Waals surface area contributed by atoms with Gasteiger partial charge in [-0.1, -0.05) is 13.0 Å². The van der Waals surface area contributed by atoms with Crippen molar-refractivity contribution in [3.8, 4) is 16.9 Å². The molecule has 0 unspecified atom stereocenters. The molecule has 0 radical (unpaired) electrons. The van der Waals surface area contributed by atoms with Gasteiger partial charge in [-0.25, -0.2) is 4.98 Å². The van der Waals surface area contributed by atoms with Crippen molar-refractivity contribution in [1.82, 2.24) is 29.5 Å². The highest BCUT2D eigenvalue weighted by Gasteiger charge is 2.28. The second kappa shape index (κ2) is 14.8. The molecule has 6 rings (SSSR count). The number of piperidine rings is 1. The van der Waals surface area contributed by atoms with Crippen LogP contribution in [0.4, 0.5) is 28.8 Å². The molecule has 11 nitrogen and oxygen atoms in total. The molecule has 2 saturated heterocycles. The lowest BCUT2D eigenvalue weighted by Gasteiger charge is -2.43. The van der Waals surface area contributed by atoms with Gasteiger partial charge in [0, 0.05) is 87.4 Å². The number of halogens is 1. The number of rotatable bonds is 10. The molecule has 2 fully saturated rings. The third-order valence-electron chi connectivity index (χ3n) is 9.87. The summed E-state index contributed by atoms with van der Waals surface area (Å²) in [5.74, 6) is 1.74. The first kappa shape index (κ1) is 35.4. The third-order valence-corrected chi connectivity index (χ3v) is 12.1. The fourth-order valence-electron chi connectivity index (χ4n) is 7.25. The van der Waals surface area contributed by atoms with Crippen molar-refractivity contribution in [3.05, 3.63) is 58.5 Å². The summed E-state index contributed by atoms with van der Waals surface area (Å²) in [6.45, 7) is 14.5.